The number of nitrogens with one attached hydrogen (secondary N) is 1. The van der Waals surface area contributed by atoms with Crippen molar-refractivity contribution in [1.82, 2.24) is 20.0 Å². The van der Waals surface area contributed by atoms with Crippen molar-refractivity contribution in [1.29, 1.82) is 0 Å². The molecule has 0 saturated carbocycles. The Labute approximate surface area is 128 Å². The number of ether oxygens (including phenoxy) is 1. The van der Waals surface area contributed by atoms with Crippen LogP contribution in [0.2, 0.25) is 0 Å². The van der Waals surface area contributed by atoms with E-state index in [1.54, 1.807) is 0 Å². The molecule has 0 aromatic carbocycles. The summed E-state index contributed by atoms with van der Waals surface area (Å²) in [5.41, 5.74) is 2.39. The van der Waals surface area contributed by atoms with Gasteiger partial charge in [0.15, 0.2) is 0 Å². The quantitative estimate of drug-likeness (QED) is 0.833. The first-order chi connectivity index (χ1) is 9.99. The van der Waals surface area contributed by atoms with Gasteiger partial charge in [-0.2, -0.15) is 5.10 Å². The van der Waals surface area contributed by atoms with Crippen LogP contribution in [0.3, 0.4) is 0 Å². The molecule has 1 fully saturated rings. The fraction of sp³-hybridized carbons (Fsp3) is 0.800. The van der Waals surface area contributed by atoms with Crippen molar-refractivity contribution in [2.24, 2.45) is 7.05 Å². The Bertz CT molecular complexity index is 451. The normalized spacial score (nSPS) is 18.0. The molecule has 1 aromatic heterocycles. The summed E-state index contributed by atoms with van der Waals surface area (Å²) in [4.78, 5) is 4.59. The molecule has 1 aromatic rings. The summed E-state index contributed by atoms with van der Waals surface area (Å²) in [6, 6.07) is 0.456. The Morgan fingerprint density at radius 1 is 1.33 bits per heavy atom. The fourth-order valence-electron chi connectivity index (χ4n) is 2.97. The third-order valence-corrected chi connectivity index (χ3v) is 4.00. The average molecular weight is 295 g/mol. The van der Waals surface area contributed by atoms with Gasteiger partial charge in [0.25, 0.3) is 0 Å². The Kier molecular flexibility index (Phi) is 5.61. The molecular formula is C15H29N5O. The molecule has 6 nitrogen and oxygen atoms in total. The average Bonchev–Trinajstić information content (AvgIpc) is 2.72. The van der Waals surface area contributed by atoms with Crippen LogP contribution in [0, 0.1) is 6.92 Å². The summed E-state index contributed by atoms with van der Waals surface area (Å²) in [6.07, 6.45) is 0. The molecule has 2 heterocycles. The fourth-order valence-corrected chi connectivity index (χ4v) is 2.97. The van der Waals surface area contributed by atoms with Gasteiger partial charge in [0, 0.05) is 58.9 Å². The van der Waals surface area contributed by atoms with E-state index in [0.717, 1.165) is 45.1 Å². The maximum Gasteiger partial charge on any atom is 0.130 e. The molecule has 2 rings (SSSR count). The number of hydrogen-bond donors (Lipinski definition) is 1. The number of nitrogens with zero attached hydrogens (tertiary/aromatic N) is 4. The van der Waals surface area contributed by atoms with Gasteiger partial charge in [0.1, 0.15) is 5.82 Å². The van der Waals surface area contributed by atoms with E-state index in [1.807, 2.05) is 11.7 Å². The maximum absolute atomic E-state index is 5.39. The molecule has 0 amide bonds. The van der Waals surface area contributed by atoms with Crippen molar-refractivity contribution >= 4 is 5.82 Å². The van der Waals surface area contributed by atoms with Crippen LogP contribution in [0.5, 0.6) is 0 Å². The molecule has 1 aliphatic heterocycles. The molecule has 1 unspecified atom stereocenters. The van der Waals surface area contributed by atoms with Crippen LogP contribution in [0.25, 0.3) is 0 Å². The van der Waals surface area contributed by atoms with E-state index in [4.69, 9.17) is 4.74 Å². The smallest absolute Gasteiger partial charge is 0.130 e. The third-order valence-electron chi connectivity index (χ3n) is 4.00. The molecule has 0 spiro atoms. The monoisotopic (exact) mass is 295 g/mol. The van der Waals surface area contributed by atoms with Gasteiger partial charge in [-0.3, -0.25) is 9.58 Å². The van der Waals surface area contributed by atoms with Crippen LogP contribution in [-0.4, -0.2) is 67.7 Å². The largest absolute Gasteiger partial charge is 0.379 e. The lowest BCUT2D eigenvalue weighted by Gasteiger charge is -2.29. The highest BCUT2D eigenvalue weighted by atomic mass is 16.5. The van der Waals surface area contributed by atoms with E-state index in [-0.39, 0.29) is 0 Å². The summed E-state index contributed by atoms with van der Waals surface area (Å²) in [5.74, 6) is 1.18. The zero-order chi connectivity index (χ0) is 15.4. The summed E-state index contributed by atoms with van der Waals surface area (Å²) in [5, 5.41) is 8.17. The van der Waals surface area contributed by atoms with Crippen molar-refractivity contribution in [3.05, 3.63) is 11.3 Å². The second-order valence-electron chi connectivity index (χ2n) is 6.10. The van der Waals surface area contributed by atoms with E-state index in [1.165, 1.54) is 11.4 Å². The number of anilines is 1. The highest BCUT2D eigenvalue weighted by molar-refractivity contribution is 5.48. The van der Waals surface area contributed by atoms with E-state index in [2.05, 4.69) is 48.2 Å². The highest BCUT2D eigenvalue weighted by Gasteiger charge is 2.17. The van der Waals surface area contributed by atoms with Crippen LogP contribution in [-0.2, 0) is 18.3 Å². The van der Waals surface area contributed by atoms with Gasteiger partial charge in [-0.25, -0.2) is 0 Å². The first kappa shape index (κ1) is 16.3. The van der Waals surface area contributed by atoms with E-state index < -0.39 is 0 Å². The van der Waals surface area contributed by atoms with Gasteiger partial charge in [0.05, 0.1) is 18.9 Å². The predicted octanol–water partition coefficient (Wildman–Crippen LogP) is 0.605. The zero-order valence-electron chi connectivity index (χ0n) is 14.0. The minimum absolute atomic E-state index is 0.456. The molecule has 1 atom stereocenters. The zero-order valence-corrected chi connectivity index (χ0v) is 14.0. The van der Waals surface area contributed by atoms with E-state index >= 15 is 0 Å². The molecule has 0 aliphatic carbocycles. The first-order valence-corrected chi connectivity index (χ1v) is 7.72. The maximum atomic E-state index is 5.39. The number of morpholine rings is 1. The molecular weight excluding hydrogens is 266 g/mol. The highest BCUT2D eigenvalue weighted by Crippen LogP contribution is 2.21. The predicted molar refractivity (Wildman–Crippen MR) is 85.8 cm³/mol. The Morgan fingerprint density at radius 2 is 2.00 bits per heavy atom. The van der Waals surface area contributed by atoms with Gasteiger partial charge >= 0.3 is 0 Å². The second-order valence-corrected chi connectivity index (χ2v) is 6.10. The van der Waals surface area contributed by atoms with Gasteiger partial charge in [-0.1, -0.05) is 0 Å². The van der Waals surface area contributed by atoms with Crippen molar-refractivity contribution < 1.29 is 4.74 Å². The van der Waals surface area contributed by atoms with Crippen LogP contribution < -0.4 is 10.2 Å². The lowest BCUT2D eigenvalue weighted by atomic mass is 10.2. The number of aromatic nitrogens is 2. The van der Waals surface area contributed by atoms with Gasteiger partial charge in [-0.05, 0) is 13.8 Å². The Hall–Kier alpha value is -1.11. The first-order valence-electron chi connectivity index (χ1n) is 7.72. The molecule has 1 aliphatic rings. The van der Waals surface area contributed by atoms with Gasteiger partial charge in [0.2, 0.25) is 0 Å². The standard InChI is InChI=1S/C15H29N5O/c1-12(11-20-6-8-21-9-7-20)16-10-14-13(2)17-19(5)15(14)18(3)4/h12,16H,6-11H2,1-5H3. The molecule has 120 valence electrons. The molecule has 1 saturated heterocycles. The van der Waals surface area contributed by atoms with Crippen molar-refractivity contribution in [2.45, 2.75) is 26.4 Å². The SMILES string of the molecule is Cc1nn(C)c(N(C)C)c1CNC(C)CN1CCOCC1. The molecule has 21 heavy (non-hydrogen) atoms. The van der Waals surface area contributed by atoms with Crippen molar-refractivity contribution in [2.75, 3.05) is 51.8 Å². The van der Waals surface area contributed by atoms with Crippen LogP contribution >= 0.6 is 0 Å². The van der Waals surface area contributed by atoms with E-state index in [0.29, 0.717) is 6.04 Å². The summed E-state index contributed by atoms with van der Waals surface area (Å²) in [7, 11) is 6.14. The van der Waals surface area contributed by atoms with Crippen molar-refractivity contribution in [3.63, 3.8) is 0 Å². The number of rotatable bonds is 6. The molecule has 1 N–H and O–H groups in total. The molecule has 6 heteroatoms. The Morgan fingerprint density at radius 3 is 2.62 bits per heavy atom. The molecule has 0 radical (unpaired) electrons. The molecule has 0 bridgehead atoms. The van der Waals surface area contributed by atoms with Crippen LogP contribution in [0.4, 0.5) is 5.82 Å². The Balaban J connectivity index is 1.90. The third kappa shape index (κ3) is 4.18. The van der Waals surface area contributed by atoms with Crippen molar-refractivity contribution in [3.8, 4) is 0 Å². The topological polar surface area (TPSA) is 45.6 Å². The summed E-state index contributed by atoms with van der Waals surface area (Å²) >= 11 is 0. The lowest BCUT2D eigenvalue weighted by molar-refractivity contribution is 0.0343. The minimum Gasteiger partial charge on any atom is -0.379 e. The van der Waals surface area contributed by atoms with Gasteiger partial charge < -0.3 is 15.0 Å². The van der Waals surface area contributed by atoms with Gasteiger partial charge in [-0.15, -0.1) is 0 Å². The number of hydrogen-bond acceptors (Lipinski definition) is 5. The second kappa shape index (κ2) is 7.24. The van der Waals surface area contributed by atoms with Crippen LogP contribution in [0.15, 0.2) is 0 Å². The minimum atomic E-state index is 0.456. The van der Waals surface area contributed by atoms with Crippen LogP contribution in [0.1, 0.15) is 18.2 Å². The van der Waals surface area contributed by atoms with E-state index in [9.17, 15) is 0 Å². The lowest BCUT2D eigenvalue weighted by Crippen LogP contribution is -2.44. The summed E-state index contributed by atoms with van der Waals surface area (Å²) in [6.45, 7) is 10.1. The summed E-state index contributed by atoms with van der Waals surface area (Å²) < 4.78 is 7.35. The number of aryl methyl sites for hydroxylation is 2.